The summed E-state index contributed by atoms with van der Waals surface area (Å²) in [6.45, 7) is 4.18. The molecule has 0 amide bonds. The van der Waals surface area contributed by atoms with Gasteiger partial charge in [0.05, 0.1) is 11.5 Å². The van der Waals surface area contributed by atoms with Gasteiger partial charge in [-0.1, -0.05) is 19.1 Å². The molecule has 3 heterocycles. The van der Waals surface area contributed by atoms with Gasteiger partial charge in [-0.2, -0.15) is 5.26 Å². The van der Waals surface area contributed by atoms with Gasteiger partial charge in [0.25, 0.3) is 0 Å². The molecule has 5 nitrogen and oxygen atoms in total. The standard InChI is InChI=1S/C23H21N5S/c1-4-29-20-17-6-5-16(23(13-24)7-8-23)10-15(17)12-25-19(20)22-27-18-9-14(2)11-26-21(18)28(22)3/h5-6,9-12H,4,7-8H2,1-3H3. The molecule has 1 aromatic carbocycles. The zero-order chi connectivity index (χ0) is 20.2. The minimum absolute atomic E-state index is 0.286. The largest absolute Gasteiger partial charge is 0.310 e. The summed E-state index contributed by atoms with van der Waals surface area (Å²) in [5.41, 5.74) is 4.55. The van der Waals surface area contributed by atoms with Crippen LogP contribution in [0.5, 0.6) is 0 Å². The van der Waals surface area contributed by atoms with Crippen LogP contribution in [0.1, 0.15) is 30.9 Å². The van der Waals surface area contributed by atoms with Crippen LogP contribution in [0.3, 0.4) is 0 Å². The summed E-state index contributed by atoms with van der Waals surface area (Å²) >= 11 is 1.78. The number of hydrogen-bond acceptors (Lipinski definition) is 5. The van der Waals surface area contributed by atoms with Gasteiger partial charge in [0, 0.05) is 29.7 Å². The maximum absolute atomic E-state index is 9.55. The summed E-state index contributed by atoms with van der Waals surface area (Å²) in [7, 11) is 1.99. The maximum Gasteiger partial charge on any atom is 0.161 e. The Labute approximate surface area is 173 Å². The molecule has 144 valence electrons. The molecule has 1 aliphatic carbocycles. The number of rotatable bonds is 4. The van der Waals surface area contributed by atoms with Crippen LogP contribution in [0.2, 0.25) is 0 Å². The number of aromatic nitrogens is 4. The molecule has 1 aliphatic rings. The molecule has 0 bridgehead atoms. The highest BCUT2D eigenvalue weighted by Crippen LogP contribution is 2.48. The predicted octanol–water partition coefficient (Wildman–Crippen LogP) is 5.16. The first-order chi connectivity index (χ1) is 14.1. The van der Waals surface area contributed by atoms with Gasteiger partial charge in [0.15, 0.2) is 11.5 Å². The van der Waals surface area contributed by atoms with Gasteiger partial charge in [0.1, 0.15) is 11.2 Å². The van der Waals surface area contributed by atoms with E-state index >= 15 is 0 Å². The fourth-order valence-corrected chi connectivity index (χ4v) is 4.83. The molecule has 0 N–H and O–H groups in total. The number of nitriles is 1. The topological polar surface area (TPSA) is 67.4 Å². The average molecular weight is 400 g/mol. The maximum atomic E-state index is 9.55. The Morgan fingerprint density at radius 2 is 2.03 bits per heavy atom. The second-order valence-corrected chi connectivity index (χ2v) is 8.99. The van der Waals surface area contributed by atoms with Gasteiger partial charge in [-0.15, -0.1) is 11.8 Å². The minimum atomic E-state index is -0.286. The van der Waals surface area contributed by atoms with Crippen LogP contribution in [0, 0.1) is 18.3 Å². The van der Waals surface area contributed by atoms with E-state index < -0.39 is 0 Å². The Hall–Kier alpha value is -2.91. The SMILES string of the molecule is CCSc1c(-c2nc3cc(C)cnc3n2C)ncc2cc(C3(C#N)CC3)ccc12. The van der Waals surface area contributed by atoms with Crippen molar-refractivity contribution >= 4 is 33.7 Å². The Balaban J connectivity index is 1.72. The van der Waals surface area contributed by atoms with E-state index in [0.29, 0.717) is 0 Å². The van der Waals surface area contributed by atoms with Crippen molar-refractivity contribution in [3.63, 3.8) is 0 Å². The predicted molar refractivity (Wildman–Crippen MR) is 117 cm³/mol. The van der Waals surface area contributed by atoms with Crippen molar-refractivity contribution < 1.29 is 0 Å². The average Bonchev–Trinajstić information content (AvgIpc) is 3.47. The molecule has 0 saturated heterocycles. The molecule has 3 aromatic heterocycles. The number of imidazole rings is 1. The van der Waals surface area contributed by atoms with E-state index in [9.17, 15) is 5.26 Å². The van der Waals surface area contributed by atoms with Crippen LogP contribution in [0.15, 0.2) is 41.6 Å². The Morgan fingerprint density at radius 3 is 2.76 bits per heavy atom. The van der Waals surface area contributed by atoms with Crippen LogP contribution >= 0.6 is 11.8 Å². The molecule has 0 spiro atoms. The van der Waals surface area contributed by atoms with Crippen molar-refractivity contribution in [2.24, 2.45) is 7.05 Å². The van der Waals surface area contributed by atoms with Crippen molar-refractivity contribution in [3.05, 3.63) is 47.8 Å². The normalized spacial score (nSPS) is 15.0. The summed E-state index contributed by atoms with van der Waals surface area (Å²) in [4.78, 5) is 15.4. The van der Waals surface area contributed by atoms with E-state index in [1.54, 1.807) is 11.8 Å². The van der Waals surface area contributed by atoms with E-state index in [2.05, 4.69) is 42.2 Å². The molecule has 6 heteroatoms. The molecule has 5 rings (SSSR count). The van der Waals surface area contributed by atoms with Crippen molar-refractivity contribution in [1.82, 2.24) is 19.5 Å². The van der Waals surface area contributed by atoms with Crippen molar-refractivity contribution in [3.8, 4) is 17.6 Å². The summed E-state index contributed by atoms with van der Waals surface area (Å²) in [6, 6.07) is 11.0. The summed E-state index contributed by atoms with van der Waals surface area (Å²) in [6.07, 6.45) is 5.68. The third-order valence-electron chi connectivity index (χ3n) is 5.71. The number of hydrogen-bond donors (Lipinski definition) is 0. The number of thioether (sulfide) groups is 1. The second-order valence-electron chi connectivity index (χ2n) is 7.71. The smallest absolute Gasteiger partial charge is 0.161 e. The minimum Gasteiger partial charge on any atom is -0.310 e. The van der Waals surface area contributed by atoms with Crippen LogP contribution < -0.4 is 0 Å². The molecule has 1 saturated carbocycles. The van der Waals surface area contributed by atoms with Gasteiger partial charge < -0.3 is 4.57 Å². The lowest BCUT2D eigenvalue weighted by atomic mass is 9.95. The zero-order valence-corrected chi connectivity index (χ0v) is 17.5. The van der Waals surface area contributed by atoms with Crippen LogP contribution in [0.25, 0.3) is 33.5 Å². The highest BCUT2D eigenvalue weighted by atomic mass is 32.2. The first kappa shape index (κ1) is 18.1. The van der Waals surface area contributed by atoms with Gasteiger partial charge >= 0.3 is 0 Å². The van der Waals surface area contributed by atoms with Gasteiger partial charge in [-0.3, -0.25) is 4.98 Å². The van der Waals surface area contributed by atoms with Crippen LogP contribution in [-0.2, 0) is 12.5 Å². The number of pyridine rings is 2. The van der Waals surface area contributed by atoms with Crippen molar-refractivity contribution in [1.29, 1.82) is 5.26 Å². The lowest BCUT2D eigenvalue weighted by Gasteiger charge is -2.13. The second kappa shape index (κ2) is 6.57. The Morgan fingerprint density at radius 1 is 1.21 bits per heavy atom. The Bertz CT molecular complexity index is 1310. The first-order valence-electron chi connectivity index (χ1n) is 9.83. The Kier molecular flexibility index (Phi) is 4.11. The lowest BCUT2D eigenvalue weighted by molar-refractivity contribution is 0.910. The van der Waals surface area contributed by atoms with E-state index in [-0.39, 0.29) is 5.41 Å². The van der Waals surface area contributed by atoms with Crippen molar-refractivity contribution in [2.45, 2.75) is 37.0 Å². The van der Waals surface area contributed by atoms with E-state index in [0.717, 1.165) is 68.1 Å². The van der Waals surface area contributed by atoms with E-state index in [1.807, 2.05) is 30.9 Å². The summed E-state index contributed by atoms with van der Waals surface area (Å²) in [5, 5.41) is 11.8. The van der Waals surface area contributed by atoms with Crippen LogP contribution in [-0.4, -0.2) is 25.3 Å². The molecular formula is C23H21N5S. The molecule has 4 aromatic rings. The monoisotopic (exact) mass is 399 g/mol. The highest BCUT2D eigenvalue weighted by molar-refractivity contribution is 7.99. The first-order valence-corrected chi connectivity index (χ1v) is 10.8. The molecule has 0 unspecified atom stereocenters. The third kappa shape index (κ3) is 2.80. The molecule has 0 radical (unpaired) electrons. The van der Waals surface area contributed by atoms with Gasteiger partial charge in [-0.25, -0.2) is 9.97 Å². The summed E-state index contributed by atoms with van der Waals surface area (Å²) in [5.74, 6) is 1.77. The van der Waals surface area contributed by atoms with Gasteiger partial charge in [0.2, 0.25) is 0 Å². The highest BCUT2D eigenvalue weighted by Gasteiger charge is 2.44. The zero-order valence-electron chi connectivity index (χ0n) is 16.7. The molecule has 1 fully saturated rings. The number of fused-ring (bicyclic) bond motifs is 2. The molecule has 0 aliphatic heterocycles. The fraction of sp³-hybridized carbons (Fsp3) is 0.304. The third-order valence-corrected chi connectivity index (χ3v) is 6.70. The van der Waals surface area contributed by atoms with E-state index in [4.69, 9.17) is 9.97 Å². The molecule has 0 atom stereocenters. The quantitative estimate of drug-likeness (QED) is 0.444. The molecular weight excluding hydrogens is 378 g/mol. The summed E-state index contributed by atoms with van der Waals surface area (Å²) < 4.78 is 2.02. The van der Waals surface area contributed by atoms with E-state index in [1.165, 1.54) is 0 Å². The molecule has 29 heavy (non-hydrogen) atoms. The fourth-order valence-electron chi connectivity index (χ4n) is 3.92. The lowest BCUT2D eigenvalue weighted by Crippen LogP contribution is -2.03. The number of benzene rings is 1. The van der Waals surface area contributed by atoms with Crippen LogP contribution in [0.4, 0.5) is 0 Å². The van der Waals surface area contributed by atoms with Crippen molar-refractivity contribution in [2.75, 3.05) is 5.75 Å². The number of nitrogens with zero attached hydrogens (tertiary/aromatic N) is 5. The van der Waals surface area contributed by atoms with Gasteiger partial charge in [-0.05, 0) is 54.2 Å². The number of aryl methyl sites for hydroxylation is 2.